The lowest BCUT2D eigenvalue weighted by molar-refractivity contribution is 0.0956. The molecule has 0 spiro atoms. The molecule has 1 N–H and O–H groups in total. The molecule has 0 saturated carbocycles. The van der Waals surface area contributed by atoms with E-state index >= 15 is 0 Å². The summed E-state index contributed by atoms with van der Waals surface area (Å²) >= 11 is 0. The fourth-order valence-corrected chi connectivity index (χ4v) is 6.71. The average Bonchev–Trinajstić information content (AvgIpc) is 3.05. The largest absolute Gasteiger partial charge is 0.490 e. The maximum Gasteiger partial charge on any atom is 0.247 e. The van der Waals surface area contributed by atoms with E-state index in [0.29, 0.717) is 16.3 Å². The lowest BCUT2D eigenvalue weighted by atomic mass is 10.0. The molecule has 2 aliphatic heterocycles. The van der Waals surface area contributed by atoms with E-state index in [1.165, 1.54) is 0 Å². The van der Waals surface area contributed by atoms with Gasteiger partial charge in [-0.1, -0.05) is 12.1 Å². The summed E-state index contributed by atoms with van der Waals surface area (Å²) in [5.41, 5.74) is 2.32. The van der Waals surface area contributed by atoms with E-state index in [1.807, 2.05) is 31.2 Å². The molecule has 4 rings (SSSR count). The van der Waals surface area contributed by atoms with Crippen molar-refractivity contribution in [2.75, 3.05) is 0 Å². The molecule has 3 heterocycles. The number of nitrogens with one attached hydrogen (secondary N) is 1. The first kappa shape index (κ1) is 17.5. The van der Waals surface area contributed by atoms with Crippen molar-refractivity contribution in [1.82, 2.24) is 14.5 Å². The molecule has 6 nitrogen and oxygen atoms in total. The van der Waals surface area contributed by atoms with E-state index in [1.54, 1.807) is 18.2 Å². The summed E-state index contributed by atoms with van der Waals surface area (Å²) in [4.78, 5) is 0.340. The van der Waals surface area contributed by atoms with Gasteiger partial charge < -0.3 is 4.74 Å². The van der Waals surface area contributed by atoms with Crippen molar-refractivity contribution in [3.05, 3.63) is 41.2 Å². The van der Waals surface area contributed by atoms with Gasteiger partial charge >= 0.3 is 0 Å². The molecule has 0 aliphatic carbocycles. The molecule has 1 aromatic heterocycles. The topological polar surface area (TPSA) is 75.3 Å². The van der Waals surface area contributed by atoms with Gasteiger partial charge in [0.2, 0.25) is 10.0 Å². The van der Waals surface area contributed by atoms with E-state index in [9.17, 15) is 8.42 Å². The smallest absolute Gasteiger partial charge is 0.247 e. The lowest BCUT2D eigenvalue weighted by Gasteiger charge is -2.37. The second kappa shape index (κ2) is 6.39. The average molecular weight is 375 g/mol. The van der Waals surface area contributed by atoms with E-state index in [0.717, 1.165) is 37.0 Å². The number of aryl methyl sites for hydroxylation is 3. The van der Waals surface area contributed by atoms with Crippen LogP contribution in [0.5, 0.6) is 5.75 Å². The highest BCUT2D eigenvalue weighted by atomic mass is 32.2. The van der Waals surface area contributed by atoms with Gasteiger partial charge in [0.05, 0.1) is 11.4 Å². The number of aromatic amines is 1. The van der Waals surface area contributed by atoms with Crippen molar-refractivity contribution >= 4 is 10.0 Å². The van der Waals surface area contributed by atoms with E-state index in [-0.39, 0.29) is 18.2 Å². The standard InChI is InChI=1S/C19H25N3O3S/c1-12-5-4-6-17(9-12)25-18-10-15-7-8-16(11-18)22(15)26(23,24)19-13(2)20-21-14(19)3/h4-6,9,15-16,18H,7-8,10-11H2,1-3H3,(H,20,21)/t15-,16+,18?. The number of piperidine rings is 1. The predicted molar refractivity (Wildman–Crippen MR) is 98.7 cm³/mol. The van der Waals surface area contributed by atoms with Crippen molar-refractivity contribution < 1.29 is 13.2 Å². The van der Waals surface area contributed by atoms with Gasteiger partial charge in [-0.3, -0.25) is 5.10 Å². The minimum absolute atomic E-state index is 0.00209. The van der Waals surface area contributed by atoms with Gasteiger partial charge in [-0.2, -0.15) is 9.40 Å². The van der Waals surface area contributed by atoms with Gasteiger partial charge in [-0.25, -0.2) is 8.42 Å². The number of ether oxygens (including phenoxy) is 1. The first-order chi connectivity index (χ1) is 12.4. The Morgan fingerprint density at radius 3 is 2.42 bits per heavy atom. The fraction of sp³-hybridized carbons (Fsp3) is 0.526. The third-order valence-corrected chi connectivity index (χ3v) is 7.78. The van der Waals surface area contributed by atoms with Crippen LogP contribution in [-0.4, -0.2) is 41.1 Å². The van der Waals surface area contributed by atoms with E-state index in [2.05, 4.69) is 10.2 Å². The molecule has 2 bridgehead atoms. The van der Waals surface area contributed by atoms with Crippen LogP contribution >= 0.6 is 0 Å². The SMILES string of the molecule is Cc1cccc(OC2C[C@H]3CC[C@@H](C2)N3S(=O)(=O)c2c(C)n[nH]c2C)c1. The van der Waals surface area contributed by atoms with Crippen molar-refractivity contribution in [1.29, 1.82) is 0 Å². The summed E-state index contributed by atoms with van der Waals surface area (Å²) in [5, 5.41) is 6.87. The summed E-state index contributed by atoms with van der Waals surface area (Å²) in [6.07, 6.45) is 3.33. The molecular weight excluding hydrogens is 350 g/mol. The van der Waals surface area contributed by atoms with Crippen LogP contribution in [0.3, 0.4) is 0 Å². The van der Waals surface area contributed by atoms with Gasteiger partial charge in [0.25, 0.3) is 0 Å². The van der Waals surface area contributed by atoms with Gasteiger partial charge in [0.15, 0.2) is 0 Å². The number of sulfonamides is 1. The molecule has 3 atom stereocenters. The van der Waals surface area contributed by atoms with Crippen molar-refractivity contribution in [2.24, 2.45) is 0 Å². The molecule has 2 saturated heterocycles. The molecule has 0 amide bonds. The number of rotatable bonds is 4. The minimum atomic E-state index is -3.53. The molecule has 2 aromatic rings. The van der Waals surface area contributed by atoms with E-state index in [4.69, 9.17) is 4.74 Å². The monoisotopic (exact) mass is 375 g/mol. The summed E-state index contributed by atoms with van der Waals surface area (Å²) in [6, 6.07) is 8.04. The van der Waals surface area contributed by atoms with Gasteiger partial charge in [0, 0.05) is 24.9 Å². The molecule has 7 heteroatoms. The van der Waals surface area contributed by atoms with Crippen LogP contribution in [0.15, 0.2) is 29.2 Å². The Labute approximate surface area is 154 Å². The molecule has 2 aliphatic rings. The third-order valence-electron chi connectivity index (χ3n) is 5.51. The Morgan fingerprint density at radius 1 is 1.15 bits per heavy atom. The first-order valence-electron chi connectivity index (χ1n) is 9.14. The molecule has 1 unspecified atom stereocenters. The Morgan fingerprint density at radius 2 is 1.85 bits per heavy atom. The minimum Gasteiger partial charge on any atom is -0.490 e. The van der Waals surface area contributed by atoms with Crippen LogP contribution in [0.4, 0.5) is 0 Å². The summed E-state index contributed by atoms with van der Waals surface area (Å²) in [7, 11) is -3.53. The Hall–Kier alpha value is -1.86. The first-order valence-corrected chi connectivity index (χ1v) is 10.6. The maximum absolute atomic E-state index is 13.3. The molecular formula is C19H25N3O3S. The van der Waals surface area contributed by atoms with Crippen molar-refractivity contribution in [2.45, 2.75) is 69.5 Å². The Bertz CT molecular complexity index is 888. The summed E-state index contributed by atoms with van der Waals surface area (Å²) in [5.74, 6) is 0.868. The van der Waals surface area contributed by atoms with Crippen LogP contribution in [0.1, 0.15) is 42.6 Å². The second-order valence-electron chi connectivity index (χ2n) is 7.51. The number of aromatic nitrogens is 2. The highest BCUT2D eigenvalue weighted by Gasteiger charge is 2.48. The molecule has 2 fully saturated rings. The fourth-order valence-electron chi connectivity index (χ4n) is 4.48. The van der Waals surface area contributed by atoms with Gasteiger partial charge in [0.1, 0.15) is 16.7 Å². The number of benzene rings is 1. The summed E-state index contributed by atoms with van der Waals surface area (Å²) in [6.45, 7) is 5.55. The zero-order valence-electron chi connectivity index (χ0n) is 15.4. The molecule has 26 heavy (non-hydrogen) atoms. The van der Waals surface area contributed by atoms with Crippen molar-refractivity contribution in [3.8, 4) is 5.75 Å². The van der Waals surface area contributed by atoms with Crippen LogP contribution in [0.2, 0.25) is 0 Å². The Balaban J connectivity index is 1.56. The molecule has 140 valence electrons. The zero-order valence-corrected chi connectivity index (χ0v) is 16.2. The van der Waals surface area contributed by atoms with Crippen LogP contribution in [-0.2, 0) is 10.0 Å². The predicted octanol–water partition coefficient (Wildman–Crippen LogP) is 3.10. The normalized spacial score (nSPS) is 26.2. The van der Waals surface area contributed by atoms with Crippen LogP contribution < -0.4 is 4.74 Å². The van der Waals surface area contributed by atoms with Crippen LogP contribution in [0, 0.1) is 20.8 Å². The summed E-state index contributed by atoms with van der Waals surface area (Å²) < 4.78 is 34.5. The van der Waals surface area contributed by atoms with Gasteiger partial charge in [-0.15, -0.1) is 0 Å². The number of hydrogen-bond donors (Lipinski definition) is 1. The zero-order chi connectivity index (χ0) is 18.5. The maximum atomic E-state index is 13.3. The third kappa shape index (κ3) is 2.93. The highest BCUT2D eigenvalue weighted by Crippen LogP contribution is 2.41. The molecule has 0 radical (unpaired) electrons. The number of H-pyrrole nitrogens is 1. The number of fused-ring (bicyclic) bond motifs is 2. The van der Waals surface area contributed by atoms with Crippen LogP contribution in [0.25, 0.3) is 0 Å². The van der Waals surface area contributed by atoms with E-state index < -0.39 is 10.0 Å². The second-order valence-corrected chi connectivity index (χ2v) is 9.29. The molecule has 1 aromatic carbocycles. The Kier molecular flexibility index (Phi) is 4.31. The quantitative estimate of drug-likeness (QED) is 0.891. The number of hydrogen-bond acceptors (Lipinski definition) is 4. The number of nitrogens with zero attached hydrogens (tertiary/aromatic N) is 2. The van der Waals surface area contributed by atoms with Gasteiger partial charge in [-0.05, 0) is 51.3 Å². The lowest BCUT2D eigenvalue weighted by Crippen LogP contribution is -2.49. The highest BCUT2D eigenvalue weighted by molar-refractivity contribution is 7.89. The van der Waals surface area contributed by atoms with Crippen molar-refractivity contribution in [3.63, 3.8) is 0 Å².